The number of rotatable bonds is 7. The quantitative estimate of drug-likeness (QED) is 0.492. The van der Waals surface area contributed by atoms with Gasteiger partial charge in [0.2, 0.25) is 10.0 Å². The van der Waals surface area contributed by atoms with Crippen LogP contribution in [0.25, 0.3) is 11.1 Å². The fourth-order valence-electron chi connectivity index (χ4n) is 3.09. The van der Waals surface area contributed by atoms with E-state index in [-0.39, 0.29) is 11.5 Å². The van der Waals surface area contributed by atoms with E-state index in [2.05, 4.69) is 0 Å². The van der Waals surface area contributed by atoms with Gasteiger partial charge in [0, 0.05) is 22.0 Å². The fourth-order valence-corrected chi connectivity index (χ4v) is 4.22. The summed E-state index contributed by atoms with van der Waals surface area (Å²) in [5.41, 5.74) is 3.12. The summed E-state index contributed by atoms with van der Waals surface area (Å²) in [6.45, 7) is 1.41. The lowest BCUT2D eigenvalue weighted by Crippen LogP contribution is -2.39. The van der Waals surface area contributed by atoms with E-state index in [0.29, 0.717) is 27.6 Å². The second-order valence-corrected chi connectivity index (χ2v) is 9.82. The Morgan fingerprint density at radius 1 is 1.06 bits per heavy atom. The van der Waals surface area contributed by atoms with Gasteiger partial charge in [-0.15, -0.1) is 0 Å². The highest BCUT2D eigenvalue weighted by Crippen LogP contribution is 2.35. The first-order valence-electron chi connectivity index (χ1n) is 9.57. The van der Waals surface area contributed by atoms with E-state index in [9.17, 15) is 18.3 Å². The van der Waals surface area contributed by atoms with Crippen molar-refractivity contribution in [3.05, 3.63) is 81.8 Å². The third-order valence-electron chi connectivity index (χ3n) is 4.61. The number of phenols is 1. The molecule has 9 heteroatoms. The second-order valence-electron chi connectivity index (χ2n) is 7.26. The van der Waals surface area contributed by atoms with E-state index >= 15 is 0 Å². The largest absolute Gasteiger partial charge is 0.507 e. The molecule has 0 saturated heterocycles. The zero-order valence-corrected chi connectivity index (χ0v) is 19.6. The van der Waals surface area contributed by atoms with Gasteiger partial charge in [-0.3, -0.25) is 9.52 Å². The average molecular weight is 494 g/mol. The number of hydrogen-bond donors (Lipinski definition) is 2. The number of phenolic OH excluding ortho intramolecular Hbond substituents is 1. The number of benzene rings is 3. The SMILES string of the molecule is CC(Oc1cc(Cl)c(Cc2ccc(O)c(-c3ccccc3)c2)c(Cl)c1)C(=O)NS(C)(=O)=O. The molecule has 0 heterocycles. The molecule has 168 valence electrons. The molecule has 6 nitrogen and oxygen atoms in total. The third kappa shape index (κ3) is 6.16. The van der Waals surface area contributed by atoms with Crippen LogP contribution in [0.4, 0.5) is 0 Å². The van der Waals surface area contributed by atoms with E-state index in [1.54, 1.807) is 12.1 Å². The summed E-state index contributed by atoms with van der Waals surface area (Å²) in [5, 5.41) is 10.9. The van der Waals surface area contributed by atoms with Crippen LogP contribution in [0, 0.1) is 0 Å². The molecule has 1 amide bonds. The molecule has 32 heavy (non-hydrogen) atoms. The van der Waals surface area contributed by atoms with Crippen molar-refractivity contribution in [2.45, 2.75) is 19.4 Å². The van der Waals surface area contributed by atoms with Crippen molar-refractivity contribution in [1.29, 1.82) is 0 Å². The lowest BCUT2D eigenvalue weighted by molar-refractivity contribution is -0.125. The number of halogens is 2. The van der Waals surface area contributed by atoms with Gasteiger partial charge >= 0.3 is 0 Å². The van der Waals surface area contributed by atoms with Crippen LogP contribution in [0.1, 0.15) is 18.1 Å². The van der Waals surface area contributed by atoms with Crippen LogP contribution in [0.3, 0.4) is 0 Å². The van der Waals surface area contributed by atoms with Gasteiger partial charge in [0.1, 0.15) is 11.5 Å². The first-order chi connectivity index (χ1) is 15.0. The lowest BCUT2D eigenvalue weighted by Gasteiger charge is -2.16. The number of carbonyl (C=O) groups excluding carboxylic acids is 1. The summed E-state index contributed by atoms with van der Waals surface area (Å²) in [5.74, 6) is -0.404. The molecule has 0 aromatic heterocycles. The van der Waals surface area contributed by atoms with Gasteiger partial charge < -0.3 is 9.84 Å². The zero-order valence-electron chi connectivity index (χ0n) is 17.3. The minimum atomic E-state index is -3.69. The van der Waals surface area contributed by atoms with Crippen LogP contribution >= 0.6 is 23.2 Å². The van der Waals surface area contributed by atoms with Crippen LogP contribution in [0.2, 0.25) is 10.0 Å². The van der Waals surface area contributed by atoms with E-state index < -0.39 is 22.0 Å². The highest BCUT2D eigenvalue weighted by atomic mass is 35.5. The van der Waals surface area contributed by atoms with Crippen molar-refractivity contribution < 1.29 is 23.1 Å². The zero-order chi connectivity index (χ0) is 23.5. The van der Waals surface area contributed by atoms with Gasteiger partial charge in [-0.25, -0.2) is 8.42 Å². The van der Waals surface area contributed by atoms with Crippen LogP contribution in [0.5, 0.6) is 11.5 Å². The summed E-state index contributed by atoms with van der Waals surface area (Å²) in [6, 6.07) is 17.8. The van der Waals surface area contributed by atoms with Crippen molar-refractivity contribution in [1.82, 2.24) is 4.72 Å². The Labute approximate surface area is 196 Å². The monoisotopic (exact) mass is 493 g/mol. The van der Waals surface area contributed by atoms with Gasteiger partial charge in [-0.1, -0.05) is 59.6 Å². The van der Waals surface area contributed by atoms with Gasteiger partial charge in [0.25, 0.3) is 5.91 Å². The van der Waals surface area contributed by atoms with Gasteiger partial charge in [0.05, 0.1) is 6.26 Å². The number of sulfonamides is 1. The Hall–Kier alpha value is -2.74. The first kappa shape index (κ1) is 23.9. The maximum Gasteiger partial charge on any atom is 0.274 e. The minimum absolute atomic E-state index is 0.169. The minimum Gasteiger partial charge on any atom is -0.507 e. The van der Waals surface area contributed by atoms with Crippen LogP contribution in [0.15, 0.2) is 60.7 Å². The molecule has 0 radical (unpaired) electrons. The first-order valence-corrected chi connectivity index (χ1v) is 12.2. The van der Waals surface area contributed by atoms with E-state index in [0.717, 1.165) is 17.4 Å². The number of carbonyl (C=O) groups is 1. The predicted molar refractivity (Wildman–Crippen MR) is 126 cm³/mol. The molecule has 0 aliphatic heterocycles. The van der Waals surface area contributed by atoms with Crippen molar-refractivity contribution in [3.8, 4) is 22.6 Å². The van der Waals surface area contributed by atoms with E-state index in [1.165, 1.54) is 19.1 Å². The number of aromatic hydroxyl groups is 1. The summed E-state index contributed by atoms with van der Waals surface area (Å²) < 4.78 is 29.8. The maximum atomic E-state index is 11.9. The molecular formula is C23H21Cl2NO5S. The Morgan fingerprint density at radius 3 is 2.28 bits per heavy atom. The molecule has 0 bridgehead atoms. The van der Waals surface area contributed by atoms with Gasteiger partial charge in [-0.05, 0) is 47.9 Å². The number of nitrogens with one attached hydrogen (secondary N) is 1. The molecular weight excluding hydrogens is 473 g/mol. The van der Waals surface area contributed by atoms with E-state index in [4.69, 9.17) is 27.9 Å². The second kappa shape index (κ2) is 9.81. The molecule has 2 N–H and O–H groups in total. The van der Waals surface area contributed by atoms with Crippen LogP contribution in [-0.4, -0.2) is 31.8 Å². The summed E-state index contributed by atoms with van der Waals surface area (Å²) in [6.07, 6.45) is 0.211. The molecule has 3 aromatic rings. The van der Waals surface area contributed by atoms with Crippen LogP contribution in [-0.2, 0) is 21.2 Å². The Morgan fingerprint density at radius 2 is 1.69 bits per heavy atom. The van der Waals surface area contributed by atoms with Crippen molar-refractivity contribution in [2.24, 2.45) is 0 Å². The molecule has 1 atom stereocenters. The standard InChI is InChI=1S/C23H21Cl2NO5S/c1-14(23(28)26-32(2,29)30)31-17-12-20(24)19(21(25)13-17)11-15-8-9-22(27)18(10-15)16-6-4-3-5-7-16/h3-10,12-14,27H,11H2,1-2H3,(H,26,28). The topological polar surface area (TPSA) is 92.7 Å². The van der Waals surface area contributed by atoms with Crippen LogP contribution < -0.4 is 9.46 Å². The Kier molecular flexibility index (Phi) is 7.33. The normalized spacial score (nSPS) is 12.2. The average Bonchev–Trinajstić information content (AvgIpc) is 2.71. The summed E-state index contributed by atoms with van der Waals surface area (Å²) >= 11 is 12.9. The molecule has 0 aliphatic carbocycles. The van der Waals surface area contributed by atoms with E-state index in [1.807, 2.05) is 41.1 Å². The maximum absolute atomic E-state index is 11.9. The van der Waals surface area contributed by atoms with Gasteiger partial charge in [0.15, 0.2) is 6.10 Å². The highest BCUT2D eigenvalue weighted by Gasteiger charge is 2.20. The molecule has 1 unspecified atom stereocenters. The number of amides is 1. The molecule has 0 aliphatic rings. The molecule has 0 saturated carbocycles. The molecule has 3 aromatic carbocycles. The number of ether oxygens (including phenoxy) is 1. The molecule has 0 spiro atoms. The third-order valence-corrected chi connectivity index (χ3v) is 5.86. The smallest absolute Gasteiger partial charge is 0.274 e. The van der Waals surface area contributed by atoms with Crippen molar-refractivity contribution in [2.75, 3.05) is 6.26 Å². The highest BCUT2D eigenvalue weighted by molar-refractivity contribution is 7.89. The molecule has 0 fully saturated rings. The lowest BCUT2D eigenvalue weighted by atomic mass is 9.98. The van der Waals surface area contributed by atoms with Gasteiger partial charge in [-0.2, -0.15) is 0 Å². The number of hydrogen-bond acceptors (Lipinski definition) is 5. The Balaban J connectivity index is 1.81. The van der Waals surface area contributed by atoms with Crippen molar-refractivity contribution in [3.63, 3.8) is 0 Å². The summed E-state index contributed by atoms with van der Waals surface area (Å²) in [7, 11) is -3.69. The summed E-state index contributed by atoms with van der Waals surface area (Å²) in [4.78, 5) is 11.9. The fraction of sp³-hybridized carbons (Fsp3) is 0.174. The predicted octanol–water partition coefficient (Wildman–Crippen LogP) is 4.80. The molecule has 3 rings (SSSR count). The Bertz CT molecular complexity index is 1220. The van der Waals surface area contributed by atoms with Crippen molar-refractivity contribution >= 4 is 39.1 Å².